The highest BCUT2D eigenvalue weighted by molar-refractivity contribution is 5.84. The lowest BCUT2D eigenvalue weighted by atomic mass is 9.94. The van der Waals surface area contributed by atoms with Crippen molar-refractivity contribution in [3.8, 4) is 11.9 Å². The van der Waals surface area contributed by atoms with E-state index < -0.39 is 0 Å². The number of ether oxygens (including phenoxy) is 1. The topological polar surface area (TPSA) is 91.1 Å². The van der Waals surface area contributed by atoms with Gasteiger partial charge in [0.05, 0.1) is 29.8 Å². The summed E-state index contributed by atoms with van der Waals surface area (Å²) in [5.74, 6) is 2.67. The van der Waals surface area contributed by atoms with E-state index >= 15 is 0 Å². The molecule has 8 heteroatoms. The van der Waals surface area contributed by atoms with Gasteiger partial charge in [-0.2, -0.15) is 10.2 Å². The van der Waals surface area contributed by atoms with Gasteiger partial charge in [-0.15, -0.1) is 0 Å². The van der Waals surface area contributed by atoms with Crippen molar-refractivity contribution in [2.45, 2.75) is 18.8 Å². The maximum Gasteiger partial charge on any atom is 0.229 e. The van der Waals surface area contributed by atoms with Gasteiger partial charge in [-0.25, -0.2) is 9.97 Å². The zero-order chi connectivity index (χ0) is 20.5. The van der Waals surface area contributed by atoms with Gasteiger partial charge in [-0.1, -0.05) is 12.1 Å². The van der Waals surface area contributed by atoms with Crippen LogP contribution in [0.1, 0.15) is 24.5 Å². The molecule has 0 bridgehead atoms. The van der Waals surface area contributed by atoms with Crippen LogP contribution < -0.4 is 14.5 Å². The van der Waals surface area contributed by atoms with E-state index in [9.17, 15) is 0 Å². The van der Waals surface area contributed by atoms with Gasteiger partial charge in [0.25, 0.3) is 0 Å². The zero-order valence-corrected chi connectivity index (χ0v) is 16.9. The molecule has 2 aliphatic heterocycles. The van der Waals surface area contributed by atoms with Crippen LogP contribution in [0.15, 0.2) is 36.7 Å². The molecule has 0 unspecified atom stereocenters. The van der Waals surface area contributed by atoms with Crippen molar-refractivity contribution in [1.82, 2.24) is 19.9 Å². The third kappa shape index (κ3) is 3.26. The van der Waals surface area contributed by atoms with Crippen LogP contribution in [0, 0.1) is 17.2 Å². The summed E-state index contributed by atoms with van der Waals surface area (Å²) in [5, 5.41) is 10.1. The maximum atomic E-state index is 9.16. The second-order valence-corrected chi connectivity index (χ2v) is 7.81. The fourth-order valence-corrected chi connectivity index (χ4v) is 4.24. The Balaban J connectivity index is 1.34. The molecule has 0 amide bonds. The monoisotopic (exact) mass is 401 g/mol. The molecule has 8 nitrogen and oxygen atoms in total. The smallest absolute Gasteiger partial charge is 0.229 e. The van der Waals surface area contributed by atoms with Crippen molar-refractivity contribution in [2.24, 2.45) is 5.92 Å². The molecule has 3 aromatic rings. The van der Waals surface area contributed by atoms with Crippen molar-refractivity contribution in [1.29, 1.82) is 5.26 Å². The van der Waals surface area contributed by atoms with E-state index in [-0.39, 0.29) is 11.8 Å². The number of hydrogen-bond acceptors (Lipinski definition) is 8. The lowest BCUT2D eigenvalue weighted by molar-refractivity contribution is 0.400. The Hall–Kier alpha value is -3.47. The standard InChI is InChI=1S/C22H23N7O/c1-30-21-17-4-2-3-5-18(17)26-22(27-21)29-13-16(14-29)19-20(25-9-8-24-19)28-10-6-15(12-23)7-11-28/h2-5,8-9,15-16H,6-7,10-11,13-14H2,1H3. The Morgan fingerprint density at radius 1 is 1.03 bits per heavy atom. The predicted octanol–water partition coefficient (Wildman–Crippen LogP) is 2.77. The Labute approximate surface area is 175 Å². The normalized spacial score (nSPS) is 17.6. The number of methoxy groups -OCH3 is 1. The molecular weight excluding hydrogens is 378 g/mol. The summed E-state index contributed by atoms with van der Waals surface area (Å²) in [6, 6.07) is 10.3. The number of nitrogens with zero attached hydrogens (tertiary/aromatic N) is 7. The number of rotatable bonds is 4. The minimum atomic E-state index is 0.153. The number of anilines is 2. The molecule has 0 radical (unpaired) electrons. The molecule has 0 aliphatic carbocycles. The highest BCUT2D eigenvalue weighted by Gasteiger charge is 2.35. The minimum absolute atomic E-state index is 0.153. The molecule has 0 spiro atoms. The molecule has 2 saturated heterocycles. The predicted molar refractivity (Wildman–Crippen MR) is 114 cm³/mol. The molecule has 5 rings (SSSR count). The highest BCUT2D eigenvalue weighted by Crippen LogP contribution is 2.35. The summed E-state index contributed by atoms with van der Waals surface area (Å²) >= 11 is 0. The third-order valence-corrected chi connectivity index (χ3v) is 5.98. The molecule has 0 saturated carbocycles. The summed E-state index contributed by atoms with van der Waals surface area (Å²) < 4.78 is 5.49. The molecule has 2 fully saturated rings. The van der Waals surface area contributed by atoms with Gasteiger partial charge in [-0.05, 0) is 25.0 Å². The van der Waals surface area contributed by atoms with Crippen LogP contribution in [-0.4, -0.2) is 53.2 Å². The van der Waals surface area contributed by atoms with Crippen LogP contribution in [0.5, 0.6) is 5.88 Å². The van der Waals surface area contributed by atoms with Gasteiger partial charge >= 0.3 is 0 Å². The second-order valence-electron chi connectivity index (χ2n) is 7.81. The van der Waals surface area contributed by atoms with E-state index in [0.717, 1.165) is 61.4 Å². The van der Waals surface area contributed by atoms with E-state index in [4.69, 9.17) is 15.0 Å². The summed E-state index contributed by atoms with van der Waals surface area (Å²) in [7, 11) is 1.64. The molecule has 2 aliphatic rings. The highest BCUT2D eigenvalue weighted by atomic mass is 16.5. The summed E-state index contributed by atoms with van der Waals surface area (Å²) in [4.78, 5) is 23.1. The number of piperidine rings is 1. The number of aromatic nitrogens is 4. The lowest BCUT2D eigenvalue weighted by Gasteiger charge is -2.40. The van der Waals surface area contributed by atoms with Gasteiger partial charge < -0.3 is 14.5 Å². The lowest BCUT2D eigenvalue weighted by Crippen LogP contribution is -2.47. The Kier molecular flexibility index (Phi) is 4.79. The Morgan fingerprint density at radius 2 is 1.80 bits per heavy atom. The molecule has 30 heavy (non-hydrogen) atoms. The Bertz CT molecular complexity index is 1100. The SMILES string of the molecule is COc1nc(N2CC(c3nccnc3N3CCC(C#N)CC3)C2)nc2ccccc12. The summed E-state index contributed by atoms with van der Waals surface area (Å²) in [6.45, 7) is 3.29. The van der Waals surface area contributed by atoms with E-state index in [1.165, 1.54) is 0 Å². The number of para-hydroxylation sites is 1. The van der Waals surface area contributed by atoms with Gasteiger partial charge in [0.15, 0.2) is 5.82 Å². The first-order valence-electron chi connectivity index (χ1n) is 10.3. The average molecular weight is 401 g/mol. The first-order valence-corrected chi connectivity index (χ1v) is 10.3. The van der Waals surface area contributed by atoms with Gasteiger partial charge in [0, 0.05) is 50.4 Å². The van der Waals surface area contributed by atoms with Gasteiger partial charge in [0.2, 0.25) is 11.8 Å². The molecule has 2 aromatic heterocycles. The fraction of sp³-hybridized carbons (Fsp3) is 0.409. The van der Waals surface area contributed by atoms with Crippen LogP contribution in [0.25, 0.3) is 10.9 Å². The number of benzene rings is 1. The summed E-state index contributed by atoms with van der Waals surface area (Å²) in [6.07, 6.45) is 5.28. The summed E-state index contributed by atoms with van der Waals surface area (Å²) in [5.41, 5.74) is 1.90. The van der Waals surface area contributed by atoms with Crippen LogP contribution in [-0.2, 0) is 0 Å². The number of fused-ring (bicyclic) bond motifs is 1. The fourth-order valence-electron chi connectivity index (χ4n) is 4.24. The molecule has 0 atom stereocenters. The van der Waals surface area contributed by atoms with E-state index in [1.807, 2.05) is 24.3 Å². The van der Waals surface area contributed by atoms with Crippen molar-refractivity contribution in [3.05, 3.63) is 42.4 Å². The molecule has 1 aromatic carbocycles. The van der Waals surface area contributed by atoms with Crippen LogP contribution >= 0.6 is 0 Å². The first kappa shape index (κ1) is 18.6. The molecule has 4 heterocycles. The number of nitriles is 1. The van der Waals surface area contributed by atoms with E-state index in [1.54, 1.807) is 19.5 Å². The molecule has 0 N–H and O–H groups in total. The van der Waals surface area contributed by atoms with Gasteiger partial charge in [0.1, 0.15) is 0 Å². The third-order valence-electron chi connectivity index (χ3n) is 5.98. The van der Waals surface area contributed by atoms with Crippen molar-refractivity contribution in [3.63, 3.8) is 0 Å². The minimum Gasteiger partial charge on any atom is -0.480 e. The van der Waals surface area contributed by atoms with E-state index in [2.05, 4.69) is 30.8 Å². The molecule has 152 valence electrons. The number of hydrogen-bond donors (Lipinski definition) is 0. The van der Waals surface area contributed by atoms with Gasteiger partial charge in [-0.3, -0.25) is 4.98 Å². The second kappa shape index (κ2) is 7.75. The van der Waals surface area contributed by atoms with E-state index in [0.29, 0.717) is 11.8 Å². The molecular formula is C22H23N7O. The van der Waals surface area contributed by atoms with Crippen LogP contribution in [0.3, 0.4) is 0 Å². The van der Waals surface area contributed by atoms with Crippen molar-refractivity contribution in [2.75, 3.05) is 43.1 Å². The average Bonchev–Trinajstić information content (AvgIpc) is 2.78. The maximum absolute atomic E-state index is 9.16. The van der Waals surface area contributed by atoms with Crippen LogP contribution in [0.4, 0.5) is 11.8 Å². The largest absolute Gasteiger partial charge is 0.480 e. The Morgan fingerprint density at radius 3 is 2.57 bits per heavy atom. The quantitative estimate of drug-likeness (QED) is 0.659. The van der Waals surface area contributed by atoms with Crippen LogP contribution in [0.2, 0.25) is 0 Å². The first-order chi connectivity index (χ1) is 14.8. The van der Waals surface area contributed by atoms with Crippen molar-refractivity contribution < 1.29 is 4.74 Å². The zero-order valence-electron chi connectivity index (χ0n) is 16.9. The van der Waals surface area contributed by atoms with Crippen molar-refractivity contribution >= 4 is 22.7 Å².